The van der Waals surface area contributed by atoms with Crippen molar-refractivity contribution < 1.29 is 9.59 Å². The fraction of sp³-hybridized carbons (Fsp3) is 0.227. The van der Waals surface area contributed by atoms with Gasteiger partial charge >= 0.3 is 0 Å². The fourth-order valence-electron chi connectivity index (χ4n) is 2.66. The first kappa shape index (κ1) is 21.7. The average molecular weight is 489 g/mol. The van der Waals surface area contributed by atoms with Crippen molar-refractivity contribution >= 4 is 56.4 Å². The minimum absolute atomic E-state index is 0.0813. The van der Waals surface area contributed by atoms with Crippen LogP contribution < -0.4 is 5.32 Å². The molecule has 1 aromatic heterocycles. The number of nitrogens with one attached hydrogen (secondary N) is 1. The number of benzene rings is 2. The maximum absolute atomic E-state index is 12.3. The van der Waals surface area contributed by atoms with E-state index in [9.17, 15) is 9.59 Å². The van der Waals surface area contributed by atoms with Crippen LogP contribution in [-0.2, 0) is 17.6 Å². The lowest BCUT2D eigenvalue weighted by Gasteiger charge is -2.06. The Balaban J connectivity index is 1.51. The lowest BCUT2D eigenvalue weighted by Crippen LogP contribution is -2.14. The second-order valence-corrected chi connectivity index (χ2v) is 9.49. The van der Waals surface area contributed by atoms with Gasteiger partial charge in [-0.3, -0.25) is 9.59 Å². The molecular formula is C22H21BrN2O2S2. The molecule has 0 aliphatic rings. The monoisotopic (exact) mass is 488 g/mol. The standard InChI is InChI=1S/C22H21BrN2O2S2/c1-3-15-4-6-16(7-5-15)20(26)13-29-22-25-18(12-28-22)11-21(27)24-17-8-9-19(23)14(2)10-17/h4-10,12H,3,11,13H2,1-2H3,(H,24,27). The molecule has 0 aliphatic carbocycles. The Labute approximate surface area is 187 Å². The van der Waals surface area contributed by atoms with E-state index in [0.717, 1.165) is 32.0 Å². The van der Waals surface area contributed by atoms with Gasteiger partial charge in [0.2, 0.25) is 5.91 Å². The summed E-state index contributed by atoms with van der Waals surface area (Å²) in [6.45, 7) is 4.07. The summed E-state index contributed by atoms with van der Waals surface area (Å²) < 4.78 is 1.80. The Kier molecular flexibility index (Phi) is 7.64. The van der Waals surface area contributed by atoms with Gasteiger partial charge in [-0.15, -0.1) is 11.3 Å². The highest BCUT2D eigenvalue weighted by Gasteiger charge is 2.12. The van der Waals surface area contributed by atoms with Gasteiger partial charge in [-0.2, -0.15) is 0 Å². The van der Waals surface area contributed by atoms with Gasteiger partial charge in [0.1, 0.15) is 0 Å². The van der Waals surface area contributed by atoms with Crippen LogP contribution in [0.25, 0.3) is 0 Å². The number of carbonyl (C=O) groups excluding carboxylic acids is 2. The molecule has 0 fully saturated rings. The highest BCUT2D eigenvalue weighted by atomic mass is 79.9. The van der Waals surface area contributed by atoms with E-state index >= 15 is 0 Å². The number of carbonyl (C=O) groups is 2. The quantitative estimate of drug-likeness (QED) is 0.315. The van der Waals surface area contributed by atoms with Crippen molar-refractivity contribution in [3.63, 3.8) is 0 Å². The van der Waals surface area contributed by atoms with E-state index in [1.54, 1.807) is 0 Å². The van der Waals surface area contributed by atoms with Gasteiger partial charge in [-0.1, -0.05) is 58.9 Å². The predicted molar refractivity (Wildman–Crippen MR) is 124 cm³/mol. The SMILES string of the molecule is CCc1ccc(C(=O)CSc2nc(CC(=O)Nc3ccc(Br)c(C)c3)cs2)cc1. The Morgan fingerprint density at radius 3 is 2.62 bits per heavy atom. The third kappa shape index (κ3) is 6.26. The minimum Gasteiger partial charge on any atom is -0.326 e. The van der Waals surface area contributed by atoms with Crippen molar-refractivity contribution in [3.8, 4) is 0 Å². The number of ketones is 1. The van der Waals surface area contributed by atoms with Crippen molar-refractivity contribution in [3.05, 3.63) is 74.7 Å². The van der Waals surface area contributed by atoms with Crippen LogP contribution in [0.1, 0.15) is 34.1 Å². The third-order valence-corrected chi connectivity index (χ3v) is 7.28. The van der Waals surface area contributed by atoms with E-state index < -0.39 is 0 Å². The van der Waals surface area contributed by atoms with Gasteiger partial charge in [-0.25, -0.2) is 4.98 Å². The molecule has 3 aromatic rings. The lowest BCUT2D eigenvalue weighted by molar-refractivity contribution is -0.115. The summed E-state index contributed by atoms with van der Waals surface area (Å²) in [5.41, 5.74) is 4.47. The molecular weight excluding hydrogens is 468 g/mol. The number of Topliss-reactive ketones (excluding diaryl/α,β-unsaturated/α-hetero) is 1. The van der Waals surface area contributed by atoms with Crippen molar-refractivity contribution in [1.29, 1.82) is 0 Å². The second-order valence-electron chi connectivity index (χ2n) is 6.56. The number of aromatic nitrogens is 1. The molecule has 0 saturated carbocycles. The van der Waals surface area contributed by atoms with Crippen LogP contribution in [0.2, 0.25) is 0 Å². The van der Waals surface area contributed by atoms with Crippen LogP contribution in [0.3, 0.4) is 0 Å². The Bertz CT molecular complexity index is 1020. The van der Waals surface area contributed by atoms with E-state index in [2.05, 4.69) is 33.2 Å². The zero-order valence-electron chi connectivity index (χ0n) is 16.2. The Morgan fingerprint density at radius 2 is 1.93 bits per heavy atom. The Hall–Kier alpha value is -1.96. The van der Waals surface area contributed by atoms with Gasteiger partial charge in [0.25, 0.3) is 0 Å². The molecule has 1 heterocycles. The first-order valence-electron chi connectivity index (χ1n) is 9.20. The number of nitrogens with zero attached hydrogens (tertiary/aromatic N) is 1. The minimum atomic E-state index is -0.110. The maximum Gasteiger partial charge on any atom is 0.230 e. The molecule has 150 valence electrons. The summed E-state index contributed by atoms with van der Waals surface area (Å²) in [4.78, 5) is 29.1. The molecule has 0 saturated heterocycles. The molecule has 0 radical (unpaired) electrons. The topological polar surface area (TPSA) is 59.1 Å². The van der Waals surface area contributed by atoms with Gasteiger partial charge in [0, 0.05) is 21.1 Å². The highest BCUT2D eigenvalue weighted by molar-refractivity contribution is 9.10. The summed E-state index contributed by atoms with van der Waals surface area (Å²) in [6.07, 6.45) is 1.17. The van der Waals surface area contributed by atoms with E-state index in [0.29, 0.717) is 11.4 Å². The summed E-state index contributed by atoms with van der Waals surface area (Å²) in [7, 11) is 0. The molecule has 2 aromatic carbocycles. The molecule has 1 N–H and O–H groups in total. The summed E-state index contributed by atoms with van der Waals surface area (Å²) >= 11 is 6.32. The van der Waals surface area contributed by atoms with Gasteiger partial charge in [-0.05, 0) is 42.7 Å². The fourth-order valence-corrected chi connectivity index (χ4v) is 4.65. The van der Waals surface area contributed by atoms with E-state index in [1.165, 1.54) is 28.7 Å². The normalized spacial score (nSPS) is 10.7. The summed E-state index contributed by atoms with van der Waals surface area (Å²) in [6, 6.07) is 13.4. The van der Waals surface area contributed by atoms with Gasteiger partial charge < -0.3 is 5.32 Å². The number of hydrogen-bond acceptors (Lipinski definition) is 5. The molecule has 7 heteroatoms. The van der Waals surface area contributed by atoms with E-state index in [4.69, 9.17) is 0 Å². The second kappa shape index (κ2) is 10.2. The number of rotatable bonds is 8. The maximum atomic E-state index is 12.3. The molecule has 4 nitrogen and oxygen atoms in total. The Morgan fingerprint density at radius 1 is 1.17 bits per heavy atom. The number of hydrogen-bond donors (Lipinski definition) is 1. The van der Waals surface area contributed by atoms with E-state index in [1.807, 2.05) is 54.8 Å². The summed E-state index contributed by atoms with van der Waals surface area (Å²) in [5, 5.41) is 4.76. The van der Waals surface area contributed by atoms with Crippen LogP contribution in [-0.4, -0.2) is 22.4 Å². The van der Waals surface area contributed by atoms with Crippen LogP contribution in [0.4, 0.5) is 5.69 Å². The highest BCUT2D eigenvalue weighted by Crippen LogP contribution is 2.24. The molecule has 0 bridgehead atoms. The predicted octanol–water partition coefficient (Wildman–Crippen LogP) is 5.93. The smallest absolute Gasteiger partial charge is 0.230 e. The van der Waals surface area contributed by atoms with Crippen LogP contribution in [0.15, 0.2) is 56.7 Å². The van der Waals surface area contributed by atoms with Crippen molar-refractivity contribution in [2.24, 2.45) is 0 Å². The molecule has 1 amide bonds. The number of aryl methyl sites for hydroxylation is 2. The average Bonchev–Trinajstić information content (AvgIpc) is 3.16. The summed E-state index contributed by atoms with van der Waals surface area (Å²) in [5.74, 6) is 0.307. The third-order valence-electron chi connectivity index (χ3n) is 4.32. The van der Waals surface area contributed by atoms with Crippen LogP contribution in [0, 0.1) is 6.92 Å². The van der Waals surface area contributed by atoms with Crippen LogP contribution >= 0.6 is 39.0 Å². The lowest BCUT2D eigenvalue weighted by atomic mass is 10.1. The number of halogens is 1. The number of amides is 1. The number of anilines is 1. The molecule has 29 heavy (non-hydrogen) atoms. The molecule has 0 aliphatic heterocycles. The molecule has 3 rings (SSSR count). The molecule has 0 unspecified atom stereocenters. The zero-order valence-corrected chi connectivity index (χ0v) is 19.4. The largest absolute Gasteiger partial charge is 0.326 e. The van der Waals surface area contributed by atoms with E-state index in [-0.39, 0.29) is 18.1 Å². The van der Waals surface area contributed by atoms with Crippen molar-refractivity contribution in [2.45, 2.75) is 31.0 Å². The first-order valence-corrected chi connectivity index (χ1v) is 11.9. The van der Waals surface area contributed by atoms with Gasteiger partial charge in [0.05, 0.1) is 17.9 Å². The number of thioether (sulfide) groups is 1. The molecule has 0 spiro atoms. The van der Waals surface area contributed by atoms with Crippen LogP contribution in [0.5, 0.6) is 0 Å². The number of thiazole rings is 1. The zero-order chi connectivity index (χ0) is 20.8. The van der Waals surface area contributed by atoms with Crippen molar-refractivity contribution in [1.82, 2.24) is 4.98 Å². The van der Waals surface area contributed by atoms with Gasteiger partial charge in [0.15, 0.2) is 10.1 Å². The molecule has 0 atom stereocenters. The van der Waals surface area contributed by atoms with Crippen molar-refractivity contribution in [2.75, 3.05) is 11.1 Å². The first-order chi connectivity index (χ1) is 13.9.